The SMILES string of the molecule is C=CCC1c2ccccc2CN1Sc1cc(O)cc(O)c1. The Hall–Kier alpha value is -1.91. The standard InChI is InChI=1S/C17H17NO2S/c1-2-5-17-16-7-4-3-6-12(16)11-18(17)21-15-9-13(19)8-14(20)10-15/h2-4,6-10,17,19-20H,1,5,11H2. The van der Waals surface area contributed by atoms with Crippen LogP contribution in [-0.4, -0.2) is 14.5 Å². The first-order valence-electron chi connectivity index (χ1n) is 6.83. The predicted molar refractivity (Wildman–Crippen MR) is 85.2 cm³/mol. The molecule has 2 N–H and O–H groups in total. The summed E-state index contributed by atoms with van der Waals surface area (Å²) in [6, 6.07) is 13.4. The van der Waals surface area contributed by atoms with Gasteiger partial charge in [-0.2, -0.15) is 0 Å². The minimum atomic E-state index is 0.0782. The van der Waals surface area contributed by atoms with E-state index < -0.39 is 0 Å². The van der Waals surface area contributed by atoms with E-state index in [1.165, 1.54) is 17.2 Å². The van der Waals surface area contributed by atoms with Crippen molar-refractivity contribution < 1.29 is 10.2 Å². The molecule has 0 amide bonds. The second-order valence-electron chi connectivity index (χ2n) is 5.09. The Bertz CT molecular complexity index is 651. The molecule has 0 fully saturated rings. The van der Waals surface area contributed by atoms with Crippen LogP contribution in [0.15, 0.2) is 60.0 Å². The van der Waals surface area contributed by atoms with E-state index >= 15 is 0 Å². The Morgan fingerprint density at radius 3 is 2.62 bits per heavy atom. The smallest absolute Gasteiger partial charge is 0.120 e. The number of aromatic hydroxyl groups is 2. The molecule has 0 spiro atoms. The van der Waals surface area contributed by atoms with E-state index in [9.17, 15) is 10.2 Å². The number of phenols is 2. The zero-order chi connectivity index (χ0) is 14.8. The van der Waals surface area contributed by atoms with Gasteiger partial charge in [-0.15, -0.1) is 6.58 Å². The van der Waals surface area contributed by atoms with Crippen LogP contribution in [0.5, 0.6) is 11.5 Å². The van der Waals surface area contributed by atoms with Crippen LogP contribution >= 0.6 is 11.9 Å². The van der Waals surface area contributed by atoms with Crippen molar-refractivity contribution in [1.82, 2.24) is 4.31 Å². The Balaban J connectivity index is 1.87. The van der Waals surface area contributed by atoms with Gasteiger partial charge in [-0.05, 0) is 41.6 Å². The molecule has 2 aromatic carbocycles. The summed E-state index contributed by atoms with van der Waals surface area (Å²) in [6.45, 7) is 4.69. The quantitative estimate of drug-likeness (QED) is 0.655. The van der Waals surface area contributed by atoms with E-state index in [2.05, 4.69) is 35.1 Å². The van der Waals surface area contributed by atoms with Gasteiger partial charge >= 0.3 is 0 Å². The third kappa shape index (κ3) is 2.91. The van der Waals surface area contributed by atoms with Gasteiger partial charge in [0.05, 0.1) is 0 Å². The van der Waals surface area contributed by atoms with Gasteiger partial charge in [0.2, 0.25) is 0 Å². The average molecular weight is 299 g/mol. The van der Waals surface area contributed by atoms with Gasteiger partial charge in [0.15, 0.2) is 0 Å². The number of fused-ring (bicyclic) bond motifs is 1. The molecule has 3 rings (SSSR count). The van der Waals surface area contributed by atoms with Crippen molar-refractivity contribution in [3.05, 3.63) is 66.2 Å². The fourth-order valence-corrected chi connectivity index (χ4v) is 3.84. The molecule has 1 atom stereocenters. The third-order valence-electron chi connectivity index (χ3n) is 3.58. The average Bonchev–Trinajstić information content (AvgIpc) is 2.76. The maximum Gasteiger partial charge on any atom is 0.120 e. The molecule has 1 aliphatic rings. The highest BCUT2D eigenvalue weighted by atomic mass is 32.2. The molecule has 4 heteroatoms. The van der Waals surface area contributed by atoms with Gasteiger partial charge in [0, 0.05) is 23.5 Å². The zero-order valence-electron chi connectivity index (χ0n) is 11.6. The molecule has 3 nitrogen and oxygen atoms in total. The topological polar surface area (TPSA) is 43.7 Å². The van der Waals surface area contributed by atoms with Crippen LogP contribution in [0.3, 0.4) is 0 Å². The molecule has 1 aliphatic heterocycles. The molecule has 21 heavy (non-hydrogen) atoms. The van der Waals surface area contributed by atoms with Gasteiger partial charge in [-0.3, -0.25) is 0 Å². The van der Waals surface area contributed by atoms with Crippen LogP contribution in [0, 0.1) is 0 Å². The fourth-order valence-electron chi connectivity index (χ4n) is 2.69. The van der Waals surface area contributed by atoms with Gasteiger partial charge in [-0.1, -0.05) is 30.3 Å². The number of hydrogen-bond acceptors (Lipinski definition) is 4. The summed E-state index contributed by atoms with van der Waals surface area (Å²) in [5.41, 5.74) is 2.65. The molecule has 0 saturated heterocycles. The minimum absolute atomic E-state index is 0.0782. The second kappa shape index (κ2) is 5.84. The van der Waals surface area contributed by atoms with Crippen LogP contribution in [0.1, 0.15) is 23.6 Å². The van der Waals surface area contributed by atoms with Crippen molar-refractivity contribution in [2.75, 3.05) is 0 Å². The van der Waals surface area contributed by atoms with Crippen molar-refractivity contribution >= 4 is 11.9 Å². The van der Waals surface area contributed by atoms with Crippen LogP contribution in [-0.2, 0) is 6.54 Å². The Kier molecular flexibility index (Phi) is 3.90. The molecule has 2 aromatic rings. The zero-order valence-corrected chi connectivity index (χ0v) is 12.4. The van der Waals surface area contributed by atoms with Crippen LogP contribution < -0.4 is 0 Å². The van der Waals surface area contributed by atoms with E-state index in [1.807, 2.05) is 6.08 Å². The van der Waals surface area contributed by atoms with Crippen LogP contribution in [0.2, 0.25) is 0 Å². The lowest BCUT2D eigenvalue weighted by atomic mass is 10.0. The largest absolute Gasteiger partial charge is 0.508 e. The summed E-state index contributed by atoms with van der Waals surface area (Å²) in [6.07, 6.45) is 2.80. The Morgan fingerprint density at radius 1 is 1.19 bits per heavy atom. The van der Waals surface area contributed by atoms with E-state index in [1.54, 1.807) is 24.1 Å². The number of hydrogen-bond donors (Lipinski definition) is 2. The van der Waals surface area contributed by atoms with Gasteiger partial charge in [-0.25, -0.2) is 4.31 Å². The van der Waals surface area contributed by atoms with Crippen molar-refractivity contribution in [2.45, 2.75) is 23.9 Å². The molecular weight excluding hydrogens is 282 g/mol. The van der Waals surface area contributed by atoms with Crippen molar-refractivity contribution in [2.24, 2.45) is 0 Å². The maximum atomic E-state index is 9.60. The number of phenolic OH excluding ortho intramolecular Hbond substituents is 2. The first-order valence-corrected chi connectivity index (χ1v) is 7.61. The summed E-state index contributed by atoms with van der Waals surface area (Å²) in [5.74, 6) is 0.156. The highest BCUT2D eigenvalue weighted by molar-refractivity contribution is 7.97. The van der Waals surface area contributed by atoms with Gasteiger partial charge in [0.1, 0.15) is 11.5 Å². The summed E-state index contributed by atoms with van der Waals surface area (Å²) < 4.78 is 2.26. The molecule has 0 radical (unpaired) electrons. The number of benzene rings is 2. The number of rotatable bonds is 4. The second-order valence-corrected chi connectivity index (χ2v) is 6.21. The highest BCUT2D eigenvalue weighted by Gasteiger charge is 2.29. The van der Waals surface area contributed by atoms with E-state index in [0.29, 0.717) is 0 Å². The maximum absolute atomic E-state index is 9.60. The van der Waals surface area contributed by atoms with E-state index in [4.69, 9.17) is 0 Å². The molecule has 0 aromatic heterocycles. The molecule has 0 aliphatic carbocycles. The van der Waals surface area contributed by atoms with E-state index in [-0.39, 0.29) is 17.5 Å². The lowest BCUT2D eigenvalue weighted by Crippen LogP contribution is -2.13. The summed E-state index contributed by atoms with van der Waals surface area (Å²) >= 11 is 1.55. The van der Waals surface area contributed by atoms with E-state index in [0.717, 1.165) is 17.9 Å². The Morgan fingerprint density at radius 2 is 1.90 bits per heavy atom. The lowest BCUT2D eigenvalue weighted by Gasteiger charge is -2.23. The van der Waals surface area contributed by atoms with Crippen LogP contribution in [0.25, 0.3) is 0 Å². The minimum Gasteiger partial charge on any atom is -0.508 e. The van der Waals surface area contributed by atoms with Gasteiger partial charge < -0.3 is 10.2 Å². The number of nitrogens with zero attached hydrogens (tertiary/aromatic N) is 1. The molecule has 0 bridgehead atoms. The lowest BCUT2D eigenvalue weighted by molar-refractivity contribution is 0.395. The highest BCUT2D eigenvalue weighted by Crippen LogP contribution is 2.43. The Labute approximate surface area is 128 Å². The summed E-state index contributed by atoms with van der Waals surface area (Å²) in [5, 5.41) is 19.2. The first kappa shape index (κ1) is 14.0. The molecule has 0 saturated carbocycles. The molecule has 1 unspecified atom stereocenters. The van der Waals surface area contributed by atoms with Crippen LogP contribution in [0.4, 0.5) is 0 Å². The third-order valence-corrected chi connectivity index (χ3v) is 4.64. The summed E-state index contributed by atoms with van der Waals surface area (Å²) in [7, 11) is 0. The monoisotopic (exact) mass is 299 g/mol. The fraction of sp³-hybridized carbons (Fsp3) is 0.176. The first-order chi connectivity index (χ1) is 10.2. The normalized spacial score (nSPS) is 17.6. The van der Waals surface area contributed by atoms with Crippen molar-refractivity contribution in [1.29, 1.82) is 0 Å². The molecular formula is C17H17NO2S. The van der Waals surface area contributed by atoms with Crippen molar-refractivity contribution in [3.8, 4) is 11.5 Å². The van der Waals surface area contributed by atoms with Crippen molar-refractivity contribution in [3.63, 3.8) is 0 Å². The molecule has 108 valence electrons. The molecule has 1 heterocycles. The summed E-state index contributed by atoms with van der Waals surface area (Å²) in [4.78, 5) is 0.828. The van der Waals surface area contributed by atoms with Gasteiger partial charge in [0.25, 0.3) is 0 Å². The predicted octanol–water partition coefficient (Wildman–Crippen LogP) is 4.24.